The lowest BCUT2D eigenvalue weighted by Gasteiger charge is -2.19. The van der Waals surface area contributed by atoms with Crippen molar-refractivity contribution in [2.24, 2.45) is 0 Å². The van der Waals surface area contributed by atoms with Gasteiger partial charge in [0.05, 0.1) is 16.8 Å². The van der Waals surface area contributed by atoms with Crippen molar-refractivity contribution in [2.75, 3.05) is 4.90 Å². The SMILES string of the molecule is Cc1cc(Br)cc(C)c1N1C(=O)c2cccc(C(=O)Cl)c2C1=O. The van der Waals surface area contributed by atoms with Gasteiger partial charge in [-0.3, -0.25) is 14.4 Å². The van der Waals surface area contributed by atoms with Crippen molar-refractivity contribution in [3.8, 4) is 0 Å². The number of benzene rings is 2. The van der Waals surface area contributed by atoms with Crippen LogP contribution in [0.15, 0.2) is 34.8 Å². The minimum atomic E-state index is -0.755. The average Bonchev–Trinajstić information content (AvgIpc) is 2.71. The third-order valence-corrected chi connectivity index (χ3v) is 4.47. The summed E-state index contributed by atoms with van der Waals surface area (Å²) in [6.07, 6.45) is 0. The Morgan fingerprint density at radius 3 is 2.26 bits per heavy atom. The van der Waals surface area contributed by atoms with Gasteiger partial charge in [0.1, 0.15) is 0 Å². The predicted molar refractivity (Wildman–Crippen MR) is 91.4 cm³/mol. The summed E-state index contributed by atoms with van der Waals surface area (Å²) in [6.45, 7) is 3.65. The summed E-state index contributed by atoms with van der Waals surface area (Å²) in [5.41, 5.74) is 2.42. The molecule has 23 heavy (non-hydrogen) atoms. The maximum atomic E-state index is 12.8. The molecule has 0 unspecified atom stereocenters. The Morgan fingerprint density at radius 2 is 1.70 bits per heavy atom. The van der Waals surface area contributed by atoms with E-state index in [1.165, 1.54) is 12.1 Å². The van der Waals surface area contributed by atoms with E-state index in [0.29, 0.717) is 5.69 Å². The van der Waals surface area contributed by atoms with Gasteiger partial charge in [0.25, 0.3) is 17.1 Å². The molecule has 0 aliphatic carbocycles. The van der Waals surface area contributed by atoms with Crippen LogP contribution in [0.5, 0.6) is 0 Å². The van der Waals surface area contributed by atoms with E-state index in [2.05, 4.69) is 15.9 Å². The second kappa shape index (κ2) is 5.58. The third-order valence-electron chi connectivity index (χ3n) is 3.81. The lowest BCUT2D eigenvalue weighted by atomic mass is 10.0. The number of imide groups is 1. The van der Waals surface area contributed by atoms with Crippen LogP contribution in [0.1, 0.15) is 42.2 Å². The molecule has 0 atom stereocenters. The Kier molecular flexibility index (Phi) is 3.86. The van der Waals surface area contributed by atoms with E-state index in [4.69, 9.17) is 11.6 Å². The average molecular weight is 393 g/mol. The van der Waals surface area contributed by atoms with Crippen LogP contribution in [0.3, 0.4) is 0 Å². The molecule has 2 aromatic rings. The van der Waals surface area contributed by atoms with Gasteiger partial charge in [-0.25, -0.2) is 4.90 Å². The highest BCUT2D eigenvalue weighted by atomic mass is 79.9. The van der Waals surface area contributed by atoms with E-state index in [9.17, 15) is 14.4 Å². The Labute approximate surface area is 146 Å². The standard InChI is InChI=1S/C17H11BrClNO3/c1-8-6-10(18)7-9(2)14(8)20-16(22)12-5-3-4-11(15(19)21)13(12)17(20)23/h3-7H,1-2H3. The minimum Gasteiger partial charge on any atom is -0.276 e. The van der Waals surface area contributed by atoms with Crippen molar-refractivity contribution in [1.29, 1.82) is 0 Å². The molecule has 0 bridgehead atoms. The second-order valence-corrected chi connectivity index (χ2v) is 6.59. The van der Waals surface area contributed by atoms with E-state index >= 15 is 0 Å². The zero-order valence-corrected chi connectivity index (χ0v) is 14.7. The van der Waals surface area contributed by atoms with Crippen molar-refractivity contribution in [3.63, 3.8) is 0 Å². The normalized spacial score (nSPS) is 13.5. The van der Waals surface area contributed by atoms with Gasteiger partial charge in [-0.1, -0.05) is 22.0 Å². The smallest absolute Gasteiger partial charge is 0.266 e. The monoisotopic (exact) mass is 391 g/mol. The van der Waals surface area contributed by atoms with Crippen molar-refractivity contribution in [1.82, 2.24) is 0 Å². The number of halogens is 2. The first-order valence-electron chi connectivity index (χ1n) is 6.81. The molecule has 0 aromatic heterocycles. The molecule has 1 aliphatic heterocycles. The van der Waals surface area contributed by atoms with Gasteiger partial charge in [-0.05, 0) is 60.8 Å². The first-order valence-corrected chi connectivity index (χ1v) is 7.98. The van der Waals surface area contributed by atoms with E-state index < -0.39 is 17.1 Å². The van der Waals surface area contributed by atoms with Crippen molar-refractivity contribution < 1.29 is 14.4 Å². The molecule has 0 N–H and O–H groups in total. The fourth-order valence-electron chi connectivity index (χ4n) is 2.91. The number of nitrogens with zero attached hydrogens (tertiary/aromatic N) is 1. The van der Waals surface area contributed by atoms with Crippen LogP contribution in [-0.4, -0.2) is 17.1 Å². The Hall–Kier alpha value is -1.98. The first-order chi connectivity index (χ1) is 10.8. The summed E-state index contributed by atoms with van der Waals surface area (Å²) in [5, 5.41) is -0.755. The van der Waals surface area contributed by atoms with E-state index in [1.807, 2.05) is 26.0 Å². The number of aryl methyl sites for hydroxylation is 2. The molecule has 0 radical (unpaired) electrons. The number of fused-ring (bicyclic) bond motifs is 1. The molecule has 3 rings (SSSR count). The highest BCUT2D eigenvalue weighted by molar-refractivity contribution is 9.10. The zero-order chi connectivity index (χ0) is 16.9. The van der Waals surface area contributed by atoms with Gasteiger partial charge < -0.3 is 0 Å². The molecule has 6 heteroatoms. The van der Waals surface area contributed by atoms with E-state index in [1.54, 1.807) is 6.07 Å². The van der Waals surface area contributed by atoms with Gasteiger partial charge in [0.2, 0.25) is 0 Å². The van der Waals surface area contributed by atoms with Crippen LogP contribution in [0.4, 0.5) is 5.69 Å². The topological polar surface area (TPSA) is 54.5 Å². The van der Waals surface area contributed by atoms with Crippen LogP contribution in [0.25, 0.3) is 0 Å². The molecule has 116 valence electrons. The molecule has 0 saturated carbocycles. The molecule has 0 fully saturated rings. The number of carbonyl (C=O) groups excluding carboxylic acids is 3. The number of hydrogen-bond acceptors (Lipinski definition) is 3. The van der Waals surface area contributed by atoms with Crippen LogP contribution in [-0.2, 0) is 0 Å². The highest BCUT2D eigenvalue weighted by Crippen LogP contribution is 2.36. The van der Waals surface area contributed by atoms with Crippen LogP contribution in [0, 0.1) is 13.8 Å². The number of anilines is 1. The molecule has 4 nitrogen and oxygen atoms in total. The highest BCUT2D eigenvalue weighted by Gasteiger charge is 2.40. The second-order valence-electron chi connectivity index (χ2n) is 5.34. The summed E-state index contributed by atoms with van der Waals surface area (Å²) < 4.78 is 0.865. The summed E-state index contributed by atoms with van der Waals surface area (Å²) >= 11 is 8.94. The molecular weight excluding hydrogens is 382 g/mol. The van der Waals surface area contributed by atoms with Crippen LogP contribution < -0.4 is 4.90 Å². The van der Waals surface area contributed by atoms with Gasteiger partial charge >= 0.3 is 0 Å². The Balaban J connectivity index is 2.23. The molecule has 0 spiro atoms. The fraction of sp³-hybridized carbons (Fsp3) is 0.118. The molecule has 0 saturated heterocycles. The number of rotatable bonds is 2. The van der Waals surface area contributed by atoms with Gasteiger partial charge in [-0.15, -0.1) is 0 Å². The number of amides is 2. The molecular formula is C17H11BrClNO3. The van der Waals surface area contributed by atoms with Gasteiger partial charge in [-0.2, -0.15) is 0 Å². The number of hydrogen-bond donors (Lipinski definition) is 0. The van der Waals surface area contributed by atoms with Crippen molar-refractivity contribution in [3.05, 3.63) is 62.6 Å². The van der Waals surface area contributed by atoms with E-state index in [-0.39, 0.29) is 16.7 Å². The van der Waals surface area contributed by atoms with E-state index in [0.717, 1.165) is 20.5 Å². The summed E-state index contributed by atoms with van der Waals surface area (Å²) in [6, 6.07) is 8.19. The summed E-state index contributed by atoms with van der Waals surface area (Å²) in [5.74, 6) is -0.971. The van der Waals surface area contributed by atoms with Crippen LogP contribution >= 0.6 is 27.5 Å². The Morgan fingerprint density at radius 1 is 1.09 bits per heavy atom. The molecule has 1 heterocycles. The first kappa shape index (κ1) is 15.9. The lowest BCUT2D eigenvalue weighted by molar-refractivity contribution is 0.0922. The fourth-order valence-corrected chi connectivity index (χ4v) is 3.75. The maximum Gasteiger partial charge on any atom is 0.266 e. The van der Waals surface area contributed by atoms with Crippen LogP contribution in [0.2, 0.25) is 0 Å². The zero-order valence-electron chi connectivity index (χ0n) is 12.3. The number of carbonyl (C=O) groups is 3. The van der Waals surface area contributed by atoms with Crippen molar-refractivity contribution in [2.45, 2.75) is 13.8 Å². The maximum absolute atomic E-state index is 12.8. The third kappa shape index (κ3) is 2.40. The molecule has 1 aliphatic rings. The summed E-state index contributed by atoms with van der Waals surface area (Å²) in [4.78, 5) is 38.2. The van der Waals surface area contributed by atoms with Gasteiger partial charge in [0, 0.05) is 10.0 Å². The molecule has 2 aromatic carbocycles. The quantitative estimate of drug-likeness (QED) is 0.567. The lowest BCUT2D eigenvalue weighted by Crippen LogP contribution is -2.31. The molecule has 2 amide bonds. The van der Waals surface area contributed by atoms with Gasteiger partial charge in [0.15, 0.2) is 0 Å². The largest absolute Gasteiger partial charge is 0.276 e. The predicted octanol–water partition coefficient (Wildman–Crippen LogP) is 4.25. The Bertz CT molecular complexity index is 868. The summed E-state index contributed by atoms with van der Waals surface area (Å²) in [7, 11) is 0. The minimum absolute atomic E-state index is 0.0532. The van der Waals surface area contributed by atoms with Crippen molar-refractivity contribution >= 4 is 50.3 Å².